The summed E-state index contributed by atoms with van der Waals surface area (Å²) in [6.07, 6.45) is -2.82. The normalized spacial score (nSPS) is 18.8. The molecule has 1 saturated heterocycles. The van der Waals surface area contributed by atoms with Crippen LogP contribution in [-0.4, -0.2) is 97.3 Å². The zero-order chi connectivity index (χ0) is 25.7. The molecule has 3 rings (SSSR count). The third-order valence-electron chi connectivity index (χ3n) is 5.56. The summed E-state index contributed by atoms with van der Waals surface area (Å²) in [4.78, 5) is 38.8. The third-order valence-corrected chi connectivity index (χ3v) is 5.56. The number of amides is 3. The molecule has 0 radical (unpaired) electrons. The molecule has 2 N–H and O–H groups in total. The number of rotatable bonds is 3. The van der Waals surface area contributed by atoms with E-state index in [4.69, 9.17) is 14.6 Å². The lowest BCUT2D eigenvalue weighted by atomic mass is 9.80. The van der Waals surface area contributed by atoms with Crippen molar-refractivity contribution in [3.8, 4) is 5.75 Å². The van der Waals surface area contributed by atoms with E-state index in [1.807, 2.05) is 48.2 Å². The Balaban J connectivity index is 0.000000509. The quantitative estimate of drug-likeness (QED) is 0.677. The Morgan fingerprint density at radius 1 is 1.15 bits per heavy atom. The smallest absolute Gasteiger partial charge is 0.487 e. The van der Waals surface area contributed by atoms with E-state index in [-0.39, 0.29) is 23.6 Å². The summed E-state index contributed by atoms with van der Waals surface area (Å²) >= 11 is 0. The summed E-state index contributed by atoms with van der Waals surface area (Å²) in [5.74, 6) is -1.91. The van der Waals surface area contributed by atoms with Crippen LogP contribution in [-0.2, 0) is 9.59 Å². The molecule has 2 heterocycles. The first-order chi connectivity index (χ1) is 15.7. The minimum atomic E-state index is -5.08. The maximum atomic E-state index is 12.4. The van der Waals surface area contributed by atoms with Crippen molar-refractivity contribution in [1.82, 2.24) is 20.0 Å². The van der Waals surface area contributed by atoms with Crippen molar-refractivity contribution >= 4 is 17.9 Å². The number of carboxylic acids is 1. The molecular weight excluding hydrogens is 457 g/mol. The molecule has 1 fully saturated rings. The molecule has 1 aromatic carbocycles. The van der Waals surface area contributed by atoms with E-state index in [1.54, 1.807) is 19.0 Å². The van der Waals surface area contributed by atoms with Gasteiger partial charge in [-0.2, -0.15) is 13.2 Å². The van der Waals surface area contributed by atoms with E-state index >= 15 is 0 Å². The highest BCUT2D eigenvalue weighted by Gasteiger charge is 2.44. The summed E-state index contributed by atoms with van der Waals surface area (Å²) in [6.45, 7) is 1.69. The van der Waals surface area contributed by atoms with Crippen LogP contribution >= 0.6 is 0 Å². The van der Waals surface area contributed by atoms with Crippen LogP contribution in [0.3, 0.4) is 0 Å². The molecule has 0 aromatic heterocycles. The van der Waals surface area contributed by atoms with Crippen LogP contribution in [0.5, 0.6) is 5.75 Å². The summed E-state index contributed by atoms with van der Waals surface area (Å²) < 4.78 is 38.2. The molecule has 34 heavy (non-hydrogen) atoms. The van der Waals surface area contributed by atoms with Crippen LogP contribution in [0, 0.1) is 0 Å². The minimum absolute atomic E-state index is 0.0112. The largest absolute Gasteiger partial charge is 0.490 e. The highest BCUT2D eigenvalue weighted by atomic mass is 19.4. The first-order valence-electron chi connectivity index (χ1n) is 10.7. The number of likely N-dealkylation sites (tertiary alicyclic amines) is 1. The summed E-state index contributed by atoms with van der Waals surface area (Å²) in [5.41, 5.74) is 0.690. The van der Waals surface area contributed by atoms with Gasteiger partial charge in [-0.15, -0.1) is 0 Å². The predicted molar refractivity (Wildman–Crippen MR) is 117 cm³/mol. The van der Waals surface area contributed by atoms with Gasteiger partial charge in [0.1, 0.15) is 11.4 Å². The maximum Gasteiger partial charge on any atom is 0.490 e. The second-order valence-electron chi connectivity index (χ2n) is 8.85. The van der Waals surface area contributed by atoms with Crippen LogP contribution in [0.25, 0.3) is 0 Å². The number of ether oxygens (including phenoxy) is 1. The van der Waals surface area contributed by atoms with Gasteiger partial charge in [-0.3, -0.25) is 4.79 Å². The Bertz CT molecular complexity index is 884. The van der Waals surface area contributed by atoms with E-state index in [9.17, 15) is 22.8 Å². The van der Waals surface area contributed by atoms with Crippen LogP contribution in [0.1, 0.15) is 30.9 Å². The van der Waals surface area contributed by atoms with Crippen molar-refractivity contribution in [1.29, 1.82) is 0 Å². The molecule has 2 aliphatic heterocycles. The number of hydrogen-bond donors (Lipinski definition) is 2. The standard InChI is InChI=1S/C20H30N4O3.C2HF3O2/c1-22(2)14-18(25)21-16-13-20(27-17-8-6-5-7-15(16)17)9-11-24(12-10-20)19(26)23(3)4;3-2(4,5)1(6)7/h5-8,16H,9-14H2,1-4H3,(H,21,25);(H,6,7). The van der Waals surface area contributed by atoms with E-state index in [2.05, 4.69) is 5.32 Å². The SMILES string of the molecule is CN(C)CC(=O)NC1CC2(CCN(C(=O)N(C)C)CC2)Oc2ccccc21.O=C(O)C(F)(F)F. The number of aliphatic carboxylic acids is 1. The van der Waals surface area contributed by atoms with Crippen LogP contribution in [0.4, 0.5) is 18.0 Å². The lowest BCUT2D eigenvalue weighted by Gasteiger charge is -2.47. The van der Waals surface area contributed by atoms with Crippen molar-refractivity contribution in [3.63, 3.8) is 0 Å². The Morgan fingerprint density at radius 2 is 1.71 bits per heavy atom. The topological polar surface area (TPSA) is 102 Å². The van der Waals surface area contributed by atoms with Gasteiger partial charge in [-0.25, -0.2) is 9.59 Å². The van der Waals surface area contributed by atoms with E-state index in [1.165, 1.54) is 0 Å². The molecule has 1 atom stereocenters. The fourth-order valence-corrected chi connectivity index (χ4v) is 3.97. The second-order valence-corrected chi connectivity index (χ2v) is 8.85. The van der Waals surface area contributed by atoms with Gasteiger partial charge in [0.05, 0.1) is 12.6 Å². The molecule has 2 aliphatic rings. The molecule has 1 aromatic rings. The van der Waals surface area contributed by atoms with Crippen molar-refractivity contribution in [3.05, 3.63) is 29.8 Å². The number of nitrogens with one attached hydrogen (secondary N) is 1. The van der Waals surface area contributed by atoms with Gasteiger partial charge in [0, 0.05) is 52.0 Å². The molecule has 0 bridgehead atoms. The van der Waals surface area contributed by atoms with E-state index in [0.29, 0.717) is 19.6 Å². The fourth-order valence-electron chi connectivity index (χ4n) is 3.97. The van der Waals surface area contributed by atoms with E-state index < -0.39 is 12.1 Å². The zero-order valence-corrected chi connectivity index (χ0v) is 19.7. The average Bonchev–Trinajstić information content (AvgIpc) is 2.73. The fraction of sp³-hybridized carbons (Fsp3) is 0.591. The molecule has 0 aliphatic carbocycles. The molecule has 3 amide bonds. The third kappa shape index (κ3) is 7.24. The number of benzene rings is 1. The molecule has 190 valence electrons. The van der Waals surface area contributed by atoms with E-state index in [0.717, 1.165) is 30.6 Å². The highest BCUT2D eigenvalue weighted by molar-refractivity contribution is 5.78. The Labute approximate surface area is 196 Å². The number of likely N-dealkylation sites (N-methyl/N-ethyl adjacent to an activating group) is 1. The number of fused-ring (bicyclic) bond motifs is 1. The summed E-state index contributed by atoms with van der Waals surface area (Å²) in [7, 11) is 7.32. The molecule has 12 heteroatoms. The zero-order valence-electron chi connectivity index (χ0n) is 19.7. The van der Waals surface area contributed by atoms with Gasteiger partial charge in [-0.1, -0.05) is 18.2 Å². The van der Waals surface area contributed by atoms with Crippen molar-refractivity contribution in [2.45, 2.75) is 37.1 Å². The molecule has 1 unspecified atom stereocenters. The lowest BCUT2D eigenvalue weighted by molar-refractivity contribution is -0.192. The lowest BCUT2D eigenvalue weighted by Crippen LogP contribution is -2.54. The Hall–Kier alpha value is -3.02. The molecule has 0 saturated carbocycles. The number of alkyl halides is 3. The Morgan fingerprint density at radius 3 is 2.21 bits per heavy atom. The monoisotopic (exact) mass is 488 g/mol. The number of hydrogen-bond acceptors (Lipinski definition) is 5. The molecule has 1 spiro atoms. The van der Waals surface area contributed by atoms with Gasteiger partial charge in [0.25, 0.3) is 0 Å². The number of carbonyl (C=O) groups excluding carboxylic acids is 2. The number of halogens is 3. The molecular formula is C22H31F3N4O5. The second kappa shape index (κ2) is 10.9. The van der Waals surface area contributed by atoms with Crippen molar-refractivity contribution < 1.29 is 37.4 Å². The average molecular weight is 489 g/mol. The number of piperidine rings is 1. The summed E-state index contributed by atoms with van der Waals surface area (Å²) in [5, 5.41) is 10.3. The first kappa shape index (κ1) is 27.2. The van der Waals surface area contributed by atoms with Crippen LogP contribution < -0.4 is 10.1 Å². The van der Waals surface area contributed by atoms with Gasteiger partial charge < -0.3 is 29.9 Å². The Kier molecular flexibility index (Phi) is 8.76. The highest BCUT2D eigenvalue weighted by Crippen LogP contribution is 2.44. The van der Waals surface area contributed by atoms with Gasteiger partial charge in [0.2, 0.25) is 5.91 Å². The number of para-hydroxylation sites is 1. The van der Waals surface area contributed by atoms with Gasteiger partial charge in [0.15, 0.2) is 0 Å². The van der Waals surface area contributed by atoms with Crippen molar-refractivity contribution in [2.24, 2.45) is 0 Å². The first-order valence-corrected chi connectivity index (χ1v) is 10.7. The van der Waals surface area contributed by atoms with Gasteiger partial charge in [-0.05, 0) is 20.2 Å². The predicted octanol–water partition coefficient (Wildman–Crippen LogP) is 2.34. The van der Waals surface area contributed by atoms with Crippen LogP contribution in [0.15, 0.2) is 24.3 Å². The van der Waals surface area contributed by atoms with Gasteiger partial charge >= 0.3 is 18.2 Å². The van der Waals surface area contributed by atoms with Crippen LogP contribution in [0.2, 0.25) is 0 Å². The van der Waals surface area contributed by atoms with Crippen molar-refractivity contribution in [2.75, 3.05) is 47.8 Å². The number of carbonyl (C=O) groups is 3. The number of nitrogens with zero attached hydrogens (tertiary/aromatic N) is 3. The maximum absolute atomic E-state index is 12.4. The minimum Gasteiger partial charge on any atom is -0.487 e. The number of urea groups is 1. The number of carboxylic acid groups (broad SMARTS) is 1. The molecule has 9 nitrogen and oxygen atoms in total. The summed E-state index contributed by atoms with van der Waals surface area (Å²) in [6, 6.07) is 7.90.